The molecule has 1 aliphatic heterocycles. The zero-order chi connectivity index (χ0) is 33.7. The lowest BCUT2D eigenvalue weighted by Crippen LogP contribution is -2.55. The summed E-state index contributed by atoms with van der Waals surface area (Å²) in [5.74, 6) is 2.03. The summed E-state index contributed by atoms with van der Waals surface area (Å²) in [6, 6.07) is 5.47. The third kappa shape index (κ3) is 5.01. The van der Waals surface area contributed by atoms with Crippen LogP contribution in [0, 0.1) is 55.4 Å². The van der Waals surface area contributed by atoms with Gasteiger partial charge in [0.15, 0.2) is 6.10 Å². The molecule has 47 heavy (non-hydrogen) atoms. The van der Waals surface area contributed by atoms with Gasteiger partial charge in [-0.05, 0) is 130 Å². The quantitative estimate of drug-likeness (QED) is 0.144. The third-order valence-electron chi connectivity index (χ3n) is 14.4. The number of hydrogen-bond acceptors (Lipinski definition) is 9. The van der Waals surface area contributed by atoms with Crippen molar-refractivity contribution in [3.8, 4) is 5.75 Å². The highest BCUT2D eigenvalue weighted by Crippen LogP contribution is 2.87. The van der Waals surface area contributed by atoms with E-state index in [1.54, 1.807) is 13.8 Å². The van der Waals surface area contributed by atoms with Crippen LogP contribution in [0.4, 0.5) is 10.5 Å². The van der Waals surface area contributed by atoms with E-state index in [1.807, 2.05) is 0 Å². The molecule has 10 nitrogen and oxygen atoms in total. The maximum atomic E-state index is 12.9. The van der Waals surface area contributed by atoms with Crippen LogP contribution in [-0.4, -0.2) is 52.2 Å². The van der Waals surface area contributed by atoms with Gasteiger partial charge in [-0.15, -0.1) is 0 Å². The van der Waals surface area contributed by atoms with Crippen LogP contribution in [0.15, 0.2) is 24.3 Å². The summed E-state index contributed by atoms with van der Waals surface area (Å²) in [7, 11) is 0. The summed E-state index contributed by atoms with van der Waals surface area (Å²) in [4.78, 5) is 35.3. The Bertz CT molecular complexity index is 1440. The van der Waals surface area contributed by atoms with Crippen LogP contribution in [0.3, 0.4) is 0 Å². The van der Waals surface area contributed by atoms with Crippen molar-refractivity contribution in [3.63, 3.8) is 0 Å². The molecule has 0 bridgehead atoms. The summed E-state index contributed by atoms with van der Waals surface area (Å²) in [5, 5.41) is 21.8. The number of non-ortho nitro benzene ring substituents is 1. The molecule has 0 amide bonds. The van der Waals surface area contributed by atoms with E-state index < -0.39 is 28.8 Å². The van der Waals surface area contributed by atoms with E-state index in [9.17, 15) is 24.8 Å². The second-order valence-corrected chi connectivity index (χ2v) is 17.2. The first-order valence-corrected chi connectivity index (χ1v) is 17.7. The van der Waals surface area contributed by atoms with Gasteiger partial charge in [0.2, 0.25) is 0 Å². The Kier molecular flexibility index (Phi) is 7.60. The van der Waals surface area contributed by atoms with Gasteiger partial charge >= 0.3 is 12.1 Å². The van der Waals surface area contributed by atoms with Gasteiger partial charge in [-0.2, -0.15) is 0 Å². The first-order valence-electron chi connectivity index (χ1n) is 17.7. The number of nitro benzene ring substituents is 1. The van der Waals surface area contributed by atoms with Gasteiger partial charge in [-0.3, -0.25) is 14.9 Å². The summed E-state index contributed by atoms with van der Waals surface area (Å²) < 4.78 is 23.9. The Morgan fingerprint density at radius 2 is 1.68 bits per heavy atom. The maximum absolute atomic E-state index is 12.9. The second-order valence-electron chi connectivity index (χ2n) is 17.2. The molecular formula is C37H51NO9. The molecule has 1 saturated heterocycles. The number of hydrogen-bond donors (Lipinski definition) is 1. The highest BCUT2D eigenvalue weighted by Gasteiger charge is 2.81. The van der Waals surface area contributed by atoms with Crippen LogP contribution in [0.5, 0.6) is 5.75 Å². The van der Waals surface area contributed by atoms with Crippen molar-refractivity contribution in [1.29, 1.82) is 0 Å². The molecule has 0 radical (unpaired) electrons. The lowest BCUT2D eigenvalue weighted by atomic mass is 9.46. The molecule has 1 N–H and O–H groups in total. The molecule has 1 aromatic rings. The standard InChI is InChI=1S/C37H51NO9/c1-21(39)44-31(34(4,5)41)27-13-11-25-28(46-27)19-26-24-12-14-29-33(2,3)30(15-16-37(29)20-36(24,37)18-17-35(25,26)6)47-32(40)45-23-9-7-22(8-10-23)38(42)43/h7-10,24-31,41H,11-20H2,1-6H3/t24?,25-,26?,27+,28+,29?,30-,31-,35?,36-,37?/m0/s1. The Morgan fingerprint density at radius 1 is 0.979 bits per heavy atom. The number of aliphatic hydroxyl groups is 1. The van der Waals surface area contributed by atoms with Crippen molar-refractivity contribution >= 4 is 17.8 Å². The molecule has 7 rings (SSSR count). The summed E-state index contributed by atoms with van der Waals surface area (Å²) >= 11 is 0. The highest BCUT2D eigenvalue weighted by molar-refractivity contribution is 5.66. The lowest BCUT2D eigenvalue weighted by Gasteiger charge is -2.59. The minimum Gasteiger partial charge on any atom is -0.457 e. The summed E-state index contributed by atoms with van der Waals surface area (Å²) in [5.41, 5.74) is -0.606. The number of carbonyl (C=O) groups excluding carboxylic acids is 2. The lowest BCUT2D eigenvalue weighted by molar-refractivity contribution is -0.384. The first-order chi connectivity index (χ1) is 22.0. The summed E-state index contributed by atoms with van der Waals surface area (Å²) in [6.45, 7) is 11.8. The smallest absolute Gasteiger partial charge is 0.457 e. The van der Waals surface area contributed by atoms with Crippen LogP contribution in [0.25, 0.3) is 0 Å². The molecule has 5 aliphatic carbocycles. The average Bonchev–Trinajstić information content (AvgIpc) is 3.57. The van der Waals surface area contributed by atoms with Crippen molar-refractivity contribution in [3.05, 3.63) is 34.4 Å². The fourth-order valence-electron chi connectivity index (χ4n) is 12.4. The van der Waals surface area contributed by atoms with Gasteiger partial charge in [0.05, 0.1) is 22.7 Å². The Balaban J connectivity index is 1.04. The highest BCUT2D eigenvalue weighted by atomic mass is 16.7. The normalized spacial score (nSPS) is 41.9. The number of esters is 1. The summed E-state index contributed by atoms with van der Waals surface area (Å²) in [6.07, 6.45) is 8.85. The van der Waals surface area contributed by atoms with Crippen LogP contribution >= 0.6 is 0 Å². The van der Waals surface area contributed by atoms with Crippen molar-refractivity contribution in [2.24, 2.45) is 45.3 Å². The van der Waals surface area contributed by atoms with Gasteiger partial charge in [0, 0.05) is 24.5 Å². The van der Waals surface area contributed by atoms with Crippen molar-refractivity contribution in [2.45, 2.75) is 136 Å². The van der Waals surface area contributed by atoms with Crippen LogP contribution in [0.1, 0.15) is 106 Å². The van der Waals surface area contributed by atoms with E-state index in [0.717, 1.165) is 38.5 Å². The molecule has 11 atom stereocenters. The SMILES string of the molecule is CC(=O)O[C@@H]([C@H]1CC[C@H]2[C@@H](CC3C4CCC5C(C)(C)[C@@H](OC(=O)Oc6ccc([N+](=O)[O-])cc6)CCC56C[C@@]46CCC32C)O1)C(C)(C)O. The van der Waals surface area contributed by atoms with E-state index in [1.165, 1.54) is 56.9 Å². The van der Waals surface area contributed by atoms with E-state index >= 15 is 0 Å². The fraction of sp³-hybridized carbons (Fsp3) is 0.784. The van der Waals surface area contributed by atoms with Crippen LogP contribution in [-0.2, 0) is 19.0 Å². The number of nitro groups is 1. The Labute approximate surface area is 277 Å². The van der Waals surface area contributed by atoms with Crippen molar-refractivity contribution in [2.75, 3.05) is 0 Å². The molecule has 10 heteroatoms. The van der Waals surface area contributed by atoms with E-state index in [4.69, 9.17) is 18.9 Å². The molecule has 5 unspecified atom stereocenters. The Hall–Kier alpha value is -2.72. The fourth-order valence-corrected chi connectivity index (χ4v) is 12.4. The van der Waals surface area contributed by atoms with Crippen molar-refractivity contribution in [1.82, 2.24) is 0 Å². The molecular weight excluding hydrogens is 602 g/mol. The van der Waals surface area contributed by atoms with Gasteiger partial charge in [0.25, 0.3) is 5.69 Å². The predicted octanol–water partition coefficient (Wildman–Crippen LogP) is 7.39. The minimum atomic E-state index is -1.18. The monoisotopic (exact) mass is 653 g/mol. The van der Waals surface area contributed by atoms with E-state index in [-0.39, 0.29) is 46.0 Å². The topological polar surface area (TPSA) is 134 Å². The molecule has 6 aliphatic rings. The molecule has 1 heterocycles. The van der Waals surface area contributed by atoms with Crippen molar-refractivity contribution < 1.29 is 38.6 Å². The number of nitrogens with zero attached hydrogens (tertiary/aromatic N) is 1. The second kappa shape index (κ2) is 10.9. The van der Waals surface area contributed by atoms with Crippen LogP contribution in [0.2, 0.25) is 0 Å². The molecule has 2 spiro atoms. The van der Waals surface area contributed by atoms with E-state index in [0.29, 0.717) is 29.1 Å². The number of rotatable bonds is 6. The zero-order valence-corrected chi connectivity index (χ0v) is 28.7. The Morgan fingerprint density at radius 3 is 2.34 bits per heavy atom. The molecule has 0 aromatic heterocycles. The van der Waals surface area contributed by atoms with E-state index in [2.05, 4.69) is 20.8 Å². The van der Waals surface area contributed by atoms with Crippen LogP contribution < -0.4 is 4.74 Å². The number of benzene rings is 1. The number of carbonyl (C=O) groups is 2. The molecule has 5 saturated carbocycles. The molecule has 258 valence electrons. The minimum absolute atomic E-state index is 0.0619. The zero-order valence-electron chi connectivity index (χ0n) is 28.7. The molecule has 1 aromatic carbocycles. The number of fused-ring (bicyclic) bond motifs is 4. The third-order valence-corrected chi connectivity index (χ3v) is 14.4. The average molecular weight is 654 g/mol. The molecule has 6 fully saturated rings. The van der Waals surface area contributed by atoms with Gasteiger partial charge in [-0.1, -0.05) is 20.8 Å². The predicted molar refractivity (Wildman–Crippen MR) is 171 cm³/mol. The van der Waals surface area contributed by atoms with Gasteiger partial charge < -0.3 is 24.1 Å². The van der Waals surface area contributed by atoms with Gasteiger partial charge in [-0.25, -0.2) is 4.79 Å². The maximum Gasteiger partial charge on any atom is 0.514 e. The van der Waals surface area contributed by atoms with Gasteiger partial charge in [0.1, 0.15) is 11.9 Å². The largest absolute Gasteiger partial charge is 0.514 e. The first kappa shape index (κ1) is 32.8. The number of ether oxygens (including phenoxy) is 4.